The molecule has 0 aliphatic carbocycles. The molecule has 0 unspecified atom stereocenters. The van der Waals surface area contributed by atoms with E-state index < -0.39 is 0 Å². The van der Waals surface area contributed by atoms with Crippen molar-refractivity contribution in [1.29, 1.82) is 0 Å². The molecule has 0 radical (unpaired) electrons. The van der Waals surface area contributed by atoms with Gasteiger partial charge < -0.3 is 9.88 Å². The van der Waals surface area contributed by atoms with E-state index in [1.54, 1.807) is 0 Å². The summed E-state index contributed by atoms with van der Waals surface area (Å²) >= 11 is 0. The Bertz CT molecular complexity index is 972. The molecule has 1 fully saturated rings. The smallest absolute Gasteiger partial charge is 0.110 e. The van der Waals surface area contributed by atoms with E-state index >= 15 is 0 Å². The van der Waals surface area contributed by atoms with E-state index in [-0.39, 0.29) is 11.1 Å². The summed E-state index contributed by atoms with van der Waals surface area (Å²) in [6.45, 7) is 13.2. The van der Waals surface area contributed by atoms with Gasteiger partial charge in [0.15, 0.2) is 0 Å². The first-order chi connectivity index (χ1) is 14.7. The standard InChI is InChI=1S/C26H35N5/c1-20-28-13-14-31(20)23-10-8-21(9-11-23)18-30(19-22-7-6-12-27-17-22)24-15-25(2,3)29-26(4,5)16-24/h6-14,17,24,29H,15-16,18-19H2,1-5H3. The first-order valence-corrected chi connectivity index (χ1v) is 11.2. The van der Waals surface area contributed by atoms with Crippen LogP contribution in [0.3, 0.4) is 0 Å². The van der Waals surface area contributed by atoms with Gasteiger partial charge in [0.2, 0.25) is 0 Å². The molecular weight excluding hydrogens is 382 g/mol. The summed E-state index contributed by atoms with van der Waals surface area (Å²) in [5, 5.41) is 3.83. The van der Waals surface area contributed by atoms with E-state index in [4.69, 9.17) is 0 Å². The summed E-state index contributed by atoms with van der Waals surface area (Å²) in [5.74, 6) is 1.00. The third-order valence-corrected chi connectivity index (χ3v) is 6.22. The highest BCUT2D eigenvalue weighted by atomic mass is 15.2. The van der Waals surface area contributed by atoms with E-state index in [1.807, 2.05) is 37.8 Å². The van der Waals surface area contributed by atoms with Gasteiger partial charge in [0.05, 0.1) is 0 Å². The molecule has 31 heavy (non-hydrogen) atoms. The van der Waals surface area contributed by atoms with Gasteiger partial charge in [0.25, 0.3) is 0 Å². The van der Waals surface area contributed by atoms with Gasteiger partial charge in [-0.3, -0.25) is 9.88 Å². The lowest BCUT2D eigenvalue weighted by Gasteiger charge is -2.49. The Morgan fingerprint density at radius 2 is 1.65 bits per heavy atom. The highest BCUT2D eigenvalue weighted by Gasteiger charge is 2.39. The second-order valence-electron chi connectivity index (χ2n) is 10.2. The molecule has 5 heteroatoms. The Balaban J connectivity index is 1.58. The number of nitrogens with zero attached hydrogens (tertiary/aromatic N) is 4. The average molecular weight is 418 g/mol. The maximum absolute atomic E-state index is 4.35. The van der Waals surface area contributed by atoms with Crippen molar-refractivity contribution in [2.75, 3.05) is 0 Å². The van der Waals surface area contributed by atoms with Crippen LogP contribution in [0.25, 0.3) is 5.69 Å². The molecule has 1 saturated heterocycles. The summed E-state index contributed by atoms with van der Waals surface area (Å²) in [6, 6.07) is 13.6. The number of hydrogen-bond acceptors (Lipinski definition) is 4. The molecule has 0 spiro atoms. The van der Waals surface area contributed by atoms with Crippen LogP contribution in [0.15, 0.2) is 61.2 Å². The molecular formula is C26H35N5. The lowest BCUT2D eigenvalue weighted by atomic mass is 9.79. The monoisotopic (exact) mass is 417 g/mol. The van der Waals surface area contributed by atoms with Gasteiger partial charge in [-0.25, -0.2) is 4.98 Å². The number of piperidine rings is 1. The normalized spacial score (nSPS) is 18.4. The summed E-state index contributed by atoms with van der Waals surface area (Å²) in [5.41, 5.74) is 3.98. The van der Waals surface area contributed by atoms with Crippen LogP contribution in [-0.2, 0) is 13.1 Å². The lowest BCUT2D eigenvalue weighted by Crippen LogP contribution is -2.62. The minimum Gasteiger partial charge on any atom is -0.307 e. The van der Waals surface area contributed by atoms with E-state index in [2.05, 4.69) is 82.8 Å². The van der Waals surface area contributed by atoms with Crippen LogP contribution in [0.1, 0.15) is 57.5 Å². The zero-order chi connectivity index (χ0) is 22.1. The van der Waals surface area contributed by atoms with Crippen molar-refractivity contribution in [3.8, 4) is 5.69 Å². The van der Waals surface area contributed by atoms with Gasteiger partial charge in [0.1, 0.15) is 5.82 Å². The van der Waals surface area contributed by atoms with Crippen molar-refractivity contribution in [2.45, 2.75) is 77.7 Å². The molecule has 0 amide bonds. The topological polar surface area (TPSA) is 46.0 Å². The Morgan fingerprint density at radius 1 is 0.968 bits per heavy atom. The van der Waals surface area contributed by atoms with Crippen LogP contribution in [0.5, 0.6) is 0 Å². The SMILES string of the molecule is Cc1nccn1-c1ccc(CN(Cc2cccnc2)C2CC(C)(C)NC(C)(C)C2)cc1. The quantitative estimate of drug-likeness (QED) is 0.620. The van der Waals surface area contributed by atoms with Crippen molar-refractivity contribution in [1.82, 2.24) is 24.8 Å². The molecule has 0 bridgehead atoms. The average Bonchev–Trinajstić information content (AvgIpc) is 3.12. The summed E-state index contributed by atoms with van der Waals surface area (Å²) in [6.07, 6.45) is 9.96. The Labute approximate surface area is 186 Å². The first-order valence-electron chi connectivity index (χ1n) is 11.2. The fourth-order valence-electron chi connectivity index (χ4n) is 5.21. The molecule has 164 valence electrons. The molecule has 4 rings (SSSR count). The number of imidazole rings is 1. The van der Waals surface area contributed by atoms with Gasteiger partial charge in [-0.1, -0.05) is 18.2 Å². The van der Waals surface area contributed by atoms with Gasteiger partial charge in [-0.15, -0.1) is 0 Å². The van der Waals surface area contributed by atoms with Crippen LogP contribution in [0.2, 0.25) is 0 Å². The molecule has 1 aromatic carbocycles. The lowest BCUT2D eigenvalue weighted by molar-refractivity contribution is 0.0563. The number of pyridine rings is 1. The van der Waals surface area contributed by atoms with Crippen molar-refractivity contribution >= 4 is 0 Å². The van der Waals surface area contributed by atoms with Crippen molar-refractivity contribution < 1.29 is 0 Å². The molecule has 0 atom stereocenters. The Morgan fingerprint density at radius 3 is 2.23 bits per heavy atom. The molecule has 1 aliphatic heterocycles. The van der Waals surface area contributed by atoms with Crippen LogP contribution in [0.4, 0.5) is 0 Å². The van der Waals surface area contributed by atoms with Crippen molar-refractivity contribution in [3.63, 3.8) is 0 Å². The second-order valence-corrected chi connectivity index (χ2v) is 10.2. The van der Waals surface area contributed by atoms with Crippen LogP contribution in [-0.4, -0.2) is 36.6 Å². The summed E-state index contributed by atoms with van der Waals surface area (Å²) < 4.78 is 2.12. The highest BCUT2D eigenvalue weighted by molar-refractivity contribution is 5.36. The van der Waals surface area contributed by atoms with Gasteiger partial charge in [0, 0.05) is 60.7 Å². The van der Waals surface area contributed by atoms with Crippen molar-refractivity contribution in [2.24, 2.45) is 0 Å². The largest absolute Gasteiger partial charge is 0.307 e. The molecule has 2 aromatic heterocycles. The minimum atomic E-state index is 0.114. The van der Waals surface area contributed by atoms with Gasteiger partial charge in [-0.05, 0) is 76.8 Å². The maximum Gasteiger partial charge on any atom is 0.110 e. The summed E-state index contributed by atoms with van der Waals surface area (Å²) in [7, 11) is 0. The van der Waals surface area contributed by atoms with Gasteiger partial charge in [-0.2, -0.15) is 0 Å². The number of hydrogen-bond donors (Lipinski definition) is 1. The third-order valence-electron chi connectivity index (χ3n) is 6.22. The Hall–Kier alpha value is -2.50. The predicted molar refractivity (Wildman–Crippen MR) is 126 cm³/mol. The highest BCUT2D eigenvalue weighted by Crippen LogP contribution is 2.33. The number of aryl methyl sites for hydroxylation is 1. The van der Waals surface area contributed by atoms with Crippen LogP contribution in [0, 0.1) is 6.92 Å². The van der Waals surface area contributed by atoms with E-state index in [1.165, 1.54) is 11.1 Å². The molecule has 5 nitrogen and oxygen atoms in total. The summed E-state index contributed by atoms with van der Waals surface area (Å²) in [4.78, 5) is 11.3. The number of rotatable bonds is 6. The number of nitrogens with one attached hydrogen (secondary N) is 1. The zero-order valence-corrected chi connectivity index (χ0v) is 19.5. The molecule has 3 heterocycles. The van der Waals surface area contributed by atoms with E-state index in [0.717, 1.165) is 37.4 Å². The molecule has 3 aromatic rings. The van der Waals surface area contributed by atoms with Crippen molar-refractivity contribution in [3.05, 3.63) is 78.1 Å². The van der Waals surface area contributed by atoms with E-state index in [9.17, 15) is 0 Å². The van der Waals surface area contributed by atoms with Gasteiger partial charge >= 0.3 is 0 Å². The molecule has 0 saturated carbocycles. The number of benzene rings is 1. The third kappa shape index (κ3) is 5.41. The van der Waals surface area contributed by atoms with E-state index in [0.29, 0.717) is 6.04 Å². The Kier molecular flexibility index (Phi) is 6.00. The fourth-order valence-corrected chi connectivity index (χ4v) is 5.21. The fraction of sp³-hybridized carbons (Fsp3) is 0.462. The van der Waals surface area contributed by atoms with Crippen LogP contribution < -0.4 is 5.32 Å². The van der Waals surface area contributed by atoms with Crippen LogP contribution >= 0.6 is 0 Å². The first kappa shape index (κ1) is 21.7. The minimum absolute atomic E-state index is 0.114. The molecule has 1 N–H and O–H groups in total. The zero-order valence-electron chi connectivity index (χ0n) is 19.5. The maximum atomic E-state index is 4.35. The second kappa shape index (κ2) is 8.56. The molecule has 1 aliphatic rings. The number of aromatic nitrogens is 3. The predicted octanol–water partition coefficient (Wildman–Crippen LogP) is 4.89.